The first-order valence-corrected chi connectivity index (χ1v) is 13.1. The number of ether oxygens (including phenoxy) is 1. The third-order valence-corrected chi connectivity index (χ3v) is 7.12. The van der Waals surface area contributed by atoms with E-state index in [9.17, 15) is 4.79 Å². The molecule has 1 aromatic heterocycles. The molecular formula is C26H31ClN4O2S. The van der Waals surface area contributed by atoms with Gasteiger partial charge in [-0.3, -0.25) is 4.79 Å². The van der Waals surface area contributed by atoms with Gasteiger partial charge in [0.2, 0.25) is 5.13 Å². The van der Waals surface area contributed by atoms with Crippen molar-refractivity contribution in [2.45, 2.75) is 39.0 Å². The van der Waals surface area contributed by atoms with Gasteiger partial charge in [0.25, 0.3) is 5.91 Å². The molecule has 2 heterocycles. The summed E-state index contributed by atoms with van der Waals surface area (Å²) in [5.74, 6) is 2.10. The number of unbranched alkanes of at least 4 members (excludes halogenated alkanes) is 1. The van der Waals surface area contributed by atoms with E-state index in [2.05, 4.69) is 21.5 Å². The number of aromatic nitrogens is 2. The number of nitrogens with one attached hydrogen (secondary N) is 1. The van der Waals surface area contributed by atoms with E-state index in [1.165, 1.54) is 11.5 Å². The lowest BCUT2D eigenvalue weighted by Gasteiger charge is -2.31. The quantitative estimate of drug-likeness (QED) is 0.368. The summed E-state index contributed by atoms with van der Waals surface area (Å²) in [5.41, 5.74) is 1.82. The number of benzene rings is 2. The molecule has 1 amide bonds. The van der Waals surface area contributed by atoms with Crippen molar-refractivity contribution < 1.29 is 9.53 Å². The average Bonchev–Trinajstić information content (AvgIpc) is 3.33. The van der Waals surface area contributed by atoms with Crippen molar-refractivity contribution >= 4 is 34.2 Å². The molecule has 6 nitrogen and oxygen atoms in total. The SMILES string of the molecule is CCCCOc1ccc(C(=O)NCC2CCN(c3nc(Cc4ccc(Cl)cc4)ns3)CC2)cc1. The van der Waals surface area contributed by atoms with Crippen LogP contribution in [0, 0.1) is 5.92 Å². The van der Waals surface area contributed by atoms with Crippen LogP contribution in [0.3, 0.4) is 0 Å². The molecule has 8 heteroatoms. The zero-order valence-electron chi connectivity index (χ0n) is 19.5. The van der Waals surface area contributed by atoms with Crippen LogP contribution in [-0.2, 0) is 6.42 Å². The Labute approximate surface area is 210 Å². The summed E-state index contributed by atoms with van der Waals surface area (Å²) >= 11 is 7.43. The standard InChI is InChI=1S/C26H31ClN4O2S/c1-2-3-16-33-23-10-6-21(7-11-23)25(32)28-18-20-12-14-31(15-13-20)26-29-24(30-34-26)17-19-4-8-22(27)9-5-19/h4-11,20H,2-3,12-18H2,1H3,(H,28,32). The number of carbonyl (C=O) groups is 1. The van der Waals surface area contributed by atoms with Gasteiger partial charge in [-0.2, -0.15) is 4.37 Å². The molecular weight excluding hydrogens is 468 g/mol. The van der Waals surface area contributed by atoms with Gasteiger partial charge in [0, 0.05) is 48.2 Å². The minimum absolute atomic E-state index is 0.0292. The largest absolute Gasteiger partial charge is 0.494 e. The van der Waals surface area contributed by atoms with Gasteiger partial charge in [-0.1, -0.05) is 37.1 Å². The van der Waals surface area contributed by atoms with E-state index in [1.807, 2.05) is 48.5 Å². The molecule has 0 unspecified atom stereocenters. The number of carbonyl (C=O) groups excluding carboxylic acids is 1. The Bertz CT molecular complexity index is 1050. The first-order valence-electron chi connectivity index (χ1n) is 11.9. The lowest BCUT2D eigenvalue weighted by atomic mass is 9.97. The zero-order valence-corrected chi connectivity index (χ0v) is 21.1. The second-order valence-electron chi connectivity index (χ2n) is 8.66. The van der Waals surface area contributed by atoms with Gasteiger partial charge in [-0.25, -0.2) is 4.98 Å². The monoisotopic (exact) mass is 498 g/mol. The molecule has 180 valence electrons. The number of piperidine rings is 1. The number of hydrogen-bond donors (Lipinski definition) is 1. The molecule has 1 N–H and O–H groups in total. The van der Waals surface area contributed by atoms with Crippen LogP contribution in [0.5, 0.6) is 5.75 Å². The van der Waals surface area contributed by atoms with Gasteiger partial charge >= 0.3 is 0 Å². The smallest absolute Gasteiger partial charge is 0.251 e. The van der Waals surface area contributed by atoms with Crippen LogP contribution < -0.4 is 15.0 Å². The van der Waals surface area contributed by atoms with Crippen molar-refractivity contribution in [1.29, 1.82) is 0 Å². The second kappa shape index (κ2) is 12.2. The van der Waals surface area contributed by atoms with Crippen LogP contribution in [0.1, 0.15) is 54.4 Å². The van der Waals surface area contributed by atoms with Crippen molar-refractivity contribution in [3.63, 3.8) is 0 Å². The normalized spacial score (nSPS) is 14.2. The van der Waals surface area contributed by atoms with Gasteiger partial charge in [-0.15, -0.1) is 0 Å². The molecule has 0 spiro atoms. The van der Waals surface area contributed by atoms with Gasteiger partial charge < -0.3 is 15.0 Å². The van der Waals surface area contributed by atoms with E-state index < -0.39 is 0 Å². The molecule has 34 heavy (non-hydrogen) atoms. The third kappa shape index (κ3) is 6.93. The number of halogens is 1. The Kier molecular flexibility index (Phi) is 8.77. The Morgan fingerprint density at radius 2 is 1.88 bits per heavy atom. The minimum atomic E-state index is -0.0292. The van der Waals surface area contributed by atoms with Crippen molar-refractivity contribution in [2.75, 3.05) is 31.1 Å². The van der Waals surface area contributed by atoms with Gasteiger partial charge in [0.1, 0.15) is 11.6 Å². The fraction of sp³-hybridized carbons (Fsp3) is 0.423. The maximum absolute atomic E-state index is 12.5. The van der Waals surface area contributed by atoms with Crippen molar-refractivity contribution in [2.24, 2.45) is 5.92 Å². The van der Waals surface area contributed by atoms with Crippen LogP contribution >= 0.6 is 23.1 Å². The summed E-state index contributed by atoms with van der Waals surface area (Å²) in [7, 11) is 0. The van der Waals surface area contributed by atoms with Crippen molar-refractivity contribution in [3.05, 3.63) is 70.5 Å². The highest BCUT2D eigenvalue weighted by Crippen LogP contribution is 2.25. The molecule has 0 atom stereocenters. The second-order valence-corrected chi connectivity index (χ2v) is 9.83. The molecule has 0 saturated carbocycles. The molecule has 3 aromatic rings. The molecule has 0 bridgehead atoms. The summed E-state index contributed by atoms with van der Waals surface area (Å²) in [6.45, 7) is 5.40. The fourth-order valence-corrected chi connectivity index (χ4v) is 4.80. The third-order valence-electron chi connectivity index (χ3n) is 6.05. The number of nitrogens with zero attached hydrogens (tertiary/aromatic N) is 3. The van der Waals surface area contributed by atoms with Crippen LogP contribution in [0.15, 0.2) is 48.5 Å². The molecule has 2 aromatic carbocycles. The zero-order chi connectivity index (χ0) is 23.8. The van der Waals surface area contributed by atoms with E-state index in [-0.39, 0.29) is 5.91 Å². The molecule has 0 radical (unpaired) electrons. The van der Waals surface area contributed by atoms with Gasteiger partial charge in [0.15, 0.2) is 0 Å². The molecule has 1 fully saturated rings. The van der Waals surface area contributed by atoms with Crippen molar-refractivity contribution in [1.82, 2.24) is 14.7 Å². The summed E-state index contributed by atoms with van der Waals surface area (Å²) in [6.07, 6.45) is 4.89. The lowest BCUT2D eigenvalue weighted by molar-refractivity contribution is 0.0945. The van der Waals surface area contributed by atoms with Crippen LogP contribution in [0.2, 0.25) is 5.02 Å². The number of hydrogen-bond acceptors (Lipinski definition) is 6. The van der Waals surface area contributed by atoms with E-state index in [1.54, 1.807) is 0 Å². The maximum Gasteiger partial charge on any atom is 0.251 e. The number of anilines is 1. The van der Waals surface area contributed by atoms with E-state index >= 15 is 0 Å². The van der Waals surface area contributed by atoms with Crippen LogP contribution in [-0.4, -0.2) is 41.5 Å². The van der Waals surface area contributed by atoms with E-state index in [0.717, 1.165) is 66.1 Å². The highest BCUT2D eigenvalue weighted by atomic mass is 35.5. The Morgan fingerprint density at radius 3 is 2.59 bits per heavy atom. The Morgan fingerprint density at radius 1 is 1.15 bits per heavy atom. The first kappa shape index (κ1) is 24.5. The topological polar surface area (TPSA) is 67.3 Å². The predicted octanol–water partition coefficient (Wildman–Crippen LogP) is 5.61. The highest BCUT2D eigenvalue weighted by Gasteiger charge is 2.22. The van der Waals surface area contributed by atoms with Crippen molar-refractivity contribution in [3.8, 4) is 5.75 Å². The summed E-state index contributed by atoms with van der Waals surface area (Å²) in [6, 6.07) is 15.2. The number of amides is 1. The maximum atomic E-state index is 12.5. The average molecular weight is 499 g/mol. The molecule has 1 aliphatic heterocycles. The summed E-state index contributed by atoms with van der Waals surface area (Å²) in [5, 5.41) is 4.81. The molecule has 1 saturated heterocycles. The van der Waals surface area contributed by atoms with Crippen LogP contribution in [0.25, 0.3) is 0 Å². The van der Waals surface area contributed by atoms with Gasteiger partial charge in [-0.05, 0) is 67.1 Å². The predicted molar refractivity (Wildman–Crippen MR) is 138 cm³/mol. The summed E-state index contributed by atoms with van der Waals surface area (Å²) in [4.78, 5) is 19.6. The highest BCUT2D eigenvalue weighted by molar-refractivity contribution is 7.09. The Balaban J connectivity index is 1.19. The van der Waals surface area contributed by atoms with Gasteiger partial charge in [0.05, 0.1) is 6.61 Å². The minimum Gasteiger partial charge on any atom is -0.494 e. The first-order chi connectivity index (χ1) is 16.6. The fourth-order valence-electron chi connectivity index (χ4n) is 3.93. The molecule has 1 aliphatic rings. The molecule has 0 aliphatic carbocycles. The Hall–Kier alpha value is -2.64. The number of rotatable bonds is 10. The lowest BCUT2D eigenvalue weighted by Crippen LogP contribution is -2.38. The molecule has 4 rings (SSSR count). The van der Waals surface area contributed by atoms with E-state index in [0.29, 0.717) is 31.1 Å². The van der Waals surface area contributed by atoms with Crippen LogP contribution in [0.4, 0.5) is 5.13 Å². The summed E-state index contributed by atoms with van der Waals surface area (Å²) < 4.78 is 10.2. The van der Waals surface area contributed by atoms with E-state index in [4.69, 9.17) is 21.3 Å².